The van der Waals surface area contributed by atoms with Gasteiger partial charge >= 0.3 is 5.97 Å². The highest BCUT2D eigenvalue weighted by Crippen LogP contribution is 2.29. The fourth-order valence-electron chi connectivity index (χ4n) is 1.93. The van der Waals surface area contributed by atoms with Crippen molar-refractivity contribution in [3.05, 3.63) is 46.3 Å². The van der Waals surface area contributed by atoms with Crippen molar-refractivity contribution in [3.8, 4) is 0 Å². The van der Waals surface area contributed by atoms with Gasteiger partial charge < -0.3 is 15.7 Å². The van der Waals surface area contributed by atoms with E-state index in [1.54, 1.807) is 19.9 Å². The van der Waals surface area contributed by atoms with Crippen molar-refractivity contribution in [1.29, 1.82) is 0 Å². The quantitative estimate of drug-likeness (QED) is 0.771. The number of carbonyl (C=O) groups is 3. The van der Waals surface area contributed by atoms with Crippen LogP contribution in [0.5, 0.6) is 0 Å². The fourth-order valence-corrected chi connectivity index (χ4v) is 2.84. The molecule has 24 heavy (non-hydrogen) atoms. The lowest BCUT2D eigenvalue weighted by atomic mass is 10.2. The largest absolute Gasteiger partial charge is 0.478 e. The van der Waals surface area contributed by atoms with Crippen LogP contribution in [0.15, 0.2) is 30.3 Å². The Morgan fingerprint density at radius 3 is 2.25 bits per heavy atom. The minimum Gasteiger partial charge on any atom is -0.478 e. The highest BCUT2D eigenvalue weighted by molar-refractivity contribution is 7.16. The van der Waals surface area contributed by atoms with E-state index in [0.717, 1.165) is 4.88 Å². The molecule has 0 saturated heterocycles. The molecule has 1 aromatic heterocycles. The van der Waals surface area contributed by atoms with Crippen LogP contribution in [0.2, 0.25) is 0 Å². The Bertz CT molecular complexity index is 778. The SMILES string of the molecule is Cc1cc(C(=O)Nc2ccc(C(=O)O)cc2)c(NC(=O)C(C)C)s1. The Kier molecular flexibility index (Phi) is 5.35. The predicted octanol–water partition coefficient (Wildman–Crippen LogP) is 3.60. The normalized spacial score (nSPS) is 10.5. The van der Waals surface area contributed by atoms with Crippen LogP contribution in [0, 0.1) is 12.8 Å². The third-order valence-electron chi connectivity index (χ3n) is 3.25. The molecule has 0 saturated carbocycles. The zero-order valence-corrected chi connectivity index (χ0v) is 14.4. The molecule has 0 aliphatic rings. The van der Waals surface area contributed by atoms with Gasteiger partial charge in [0.2, 0.25) is 5.91 Å². The smallest absolute Gasteiger partial charge is 0.335 e. The molecular weight excluding hydrogens is 328 g/mol. The van der Waals surface area contributed by atoms with Crippen molar-refractivity contribution in [3.63, 3.8) is 0 Å². The van der Waals surface area contributed by atoms with E-state index in [2.05, 4.69) is 10.6 Å². The molecule has 0 atom stereocenters. The maximum Gasteiger partial charge on any atom is 0.335 e. The van der Waals surface area contributed by atoms with Crippen LogP contribution in [0.25, 0.3) is 0 Å². The number of carboxylic acid groups (broad SMARTS) is 1. The van der Waals surface area contributed by atoms with Crippen molar-refractivity contribution in [2.75, 3.05) is 10.6 Å². The number of hydrogen-bond donors (Lipinski definition) is 3. The standard InChI is InChI=1S/C17H18N2O4S/c1-9(2)14(20)19-16-13(8-10(3)24-16)15(21)18-12-6-4-11(5-7-12)17(22)23/h4-9H,1-3H3,(H,18,21)(H,19,20)(H,22,23). The Balaban J connectivity index is 2.17. The van der Waals surface area contributed by atoms with Gasteiger partial charge in [0.15, 0.2) is 0 Å². The van der Waals surface area contributed by atoms with Crippen molar-refractivity contribution in [1.82, 2.24) is 0 Å². The Hall–Kier alpha value is -2.67. The molecule has 1 aromatic carbocycles. The second-order valence-electron chi connectivity index (χ2n) is 5.58. The summed E-state index contributed by atoms with van der Waals surface area (Å²) in [6.45, 7) is 5.41. The number of aromatic carboxylic acids is 1. The molecule has 0 radical (unpaired) electrons. The Labute approximate surface area is 143 Å². The number of carboxylic acids is 1. The van der Waals surface area contributed by atoms with Gasteiger partial charge in [0.1, 0.15) is 5.00 Å². The second-order valence-corrected chi connectivity index (χ2v) is 6.84. The number of nitrogens with one attached hydrogen (secondary N) is 2. The lowest BCUT2D eigenvalue weighted by Gasteiger charge is -2.09. The molecule has 0 unspecified atom stereocenters. The summed E-state index contributed by atoms with van der Waals surface area (Å²) in [4.78, 5) is 36.0. The summed E-state index contributed by atoms with van der Waals surface area (Å²) in [5.74, 6) is -1.73. The van der Waals surface area contributed by atoms with Gasteiger partial charge in [0.25, 0.3) is 5.91 Å². The van der Waals surface area contributed by atoms with Crippen LogP contribution < -0.4 is 10.6 Å². The molecule has 0 bridgehead atoms. The van der Waals surface area contributed by atoms with Crippen LogP contribution in [0.1, 0.15) is 39.4 Å². The van der Waals surface area contributed by atoms with E-state index in [9.17, 15) is 14.4 Å². The Morgan fingerprint density at radius 2 is 1.71 bits per heavy atom. The summed E-state index contributed by atoms with van der Waals surface area (Å²) in [7, 11) is 0. The molecule has 3 N–H and O–H groups in total. The zero-order valence-electron chi connectivity index (χ0n) is 13.5. The van der Waals surface area contributed by atoms with Gasteiger partial charge in [-0.05, 0) is 37.3 Å². The first-order valence-corrected chi connectivity index (χ1v) is 8.15. The Morgan fingerprint density at radius 1 is 1.08 bits per heavy atom. The van der Waals surface area contributed by atoms with Crippen LogP contribution >= 0.6 is 11.3 Å². The topological polar surface area (TPSA) is 95.5 Å². The molecule has 126 valence electrons. The summed E-state index contributed by atoms with van der Waals surface area (Å²) in [6.07, 6.45) is 0. The van der Waals surface area contributed by atoms with E-state index in [0.29, 0.717) is 16.3 Å². The molecule has 2 aromatic rings. The average molecular weight is 346 g/mol. The van der Waals surface area contributed by atoms with Crippen LogP contribution in [-0.4, -0.2) is 22.9 Å². The van der Waals surface area contributed by atoms with Gasteiger partial charge in [-0.25, -0.2) is 4.79 Å². The van der Waals surface area contributed by atoms with E-state index >= 15 is 0 Å². The van der Waals surface area contributed by atoms with Crippen molar-refractivity contribution < 1.29 is 19.5 Å². The zero-order chi connectivity index (χ0) is 17.9. The number of anilines is 2. The van der Waals surface area contributed by atoms with E-state index in [1.165, 1.54) is 35.6 Å². The van der Waals surface area contributed by atoms with Gasteiger partial charge in [-0.1, -0.05) is 13.8 Å². The third-order valence-corrected chi connectivity index (χ3v) is 4.22. The summed E-state index contributed by atoms with van der Waals surface area (Å²) in [5.41, 5.74) is 1.01. The number of thiophene rings is 1. The molecule has 7 heteroatoms. The highest BCUT2D eigenvalue weighted by atomic mass is 32.1. The molecular formula is C17H18N2O4S. The van der Waals surface area contributed by atoms with Crippen molar-refractivity contribution >= 4 is 39.8 Å². The number of carbonyl (C=O) groups excluding carboxylic acids is 2. The van der Waals surface area contributed by atoms with Crippen LogP contribution in [-0.2, 0) is 4.79 Å². The maximum absolute atomic E-state index is 12.4. The highest BCUT2D eigenvalue weighted by Gasteiger charge is 2.18. The van der Waals surface area contributed by atoms with Gasteiger partial charge in [-0.3, -0.25) is 9.59 Å². The summed E-state index contributed by atoms with van der Waals surface area (Å²) in [5, 5.41) is 14.8. The molecule has 0 fully saturated rings. The lowest BCUT2D eigenvalue weighted by molar-refractivity contribution is -0.118. The first-order valence-electron chi connectivity index (χ1n) is 7.34. The van der Waals surface area contributed by atoms with Gasteiger partial charge in [-0.2, -0.15) is 0 Å². The monoisotopic (exact) mass is 346 g/mol. The van der Waals surface area contributed by atoms with E-state index in [-0.39, 0.29) is 23.3 Å². The van der Waals surface area contributed by atoms with Gasteiger partial charge in [0.05, 0.1) is 11.1 Å². The first-order chi connectivity index (χ1) is 11.3. The summed E-state index contributed by atoms with van der Waals surface area (Å²) < 4.78 is 0. The molecule has 2 rings (SSSR count). The first kappa shape index (κ1) is 17.7. The average Bonchev–Trinajstić information content (AvgIpc) is 2.88. The number of rotatable bonds is 5. The van der Waals surface area contributed by atoms with Crippen molar-refractivity contribution in [2.45, 2.75) is 20.8 Å². The minimum absolute atomic E-state index is 0.143. The third kappa shape index (κ3) is 4.20. The molecule has 1 heterocycles. The van der Waals surface area contributed by atoms with E-state index < -0.39 is 5.97 Å². The lowest BCUT2D eigenvalue weighted by Crippen LogP contribution is -2.20. The van der Waals surface area contributed by atoms with Gasteiger partial charge in [-0.15, -0.1) is 11.3 Å². The molecule has 6 nitrogen and oxygen atoms in total. The number of amides is 2. The predicted molar refractivity (Wildman–Crippen MR) is 93.9 cm³/mol. The minimum atomic E-state index is -1.03. The van der Waals surface area contributed by atoms with Crippen LogP contribution in [0.3, 0.4) is 0 Å². The number of benzene rings is 1. The van der Waals surface area contributed by atoms with Crippen molar-refractivity contribution in [2.24, 2.45) is 5.92 Å². The number of hydrogen-bond acceptors (Lipinski definition) is 4. The van der Waals surface area contributed by atoms with E-state index in [4.69, 9.17) is 5.11 Å². The molecule has 0 spiro atoms. The maximum atomic E-state index is 12.4. The summed E-state index contributed by atoms with van der Waals surface area (Å²) in [6, 6.07) is 7.58. The second kappa shape index (κ2) is 7.27. The van der Waals surface area contributed by atoms with Crippen LogP contribution in [0.4, 0.5) is 10.7 Å². The molecule has 0 aliphatic heterocycles. The number of aryl methyl sites for hydroxylation is 1. The summed E-state index contributed by atoms with van der Waals surface area (Å²) >= 11 is 1.33. The fraction of sp³-hybridized carbons (Fsp3) is 0.235. The van der Waals surface area contributed by atoms with Gasteiger partial charge in [0, 0.05) is 16.5 Å². The van der Waals surface area contributed by atoms with E-state index in [1.807, 2.05) is 6.92 Å². The molecule has 2 amide bonds. The molecule has 0 aliphatic carbocycles.